The molecule has 3 heterocycles. The Balaban J connectivity index is 1.61. The maximum absolute atomic E-state index is 16.2. The van der Waals surface area contributed by atoms with Gasteiger partial charge >= 0.3 is 12.6 Å². The van der Waals surface area contributed by atoms with Crippen LogP contribution in [0.1, 0.15) is 19.0 Å². The number of hydrogen-bond donors (Lipinski definition) is 3. The van der Waals surface area contributed by atoms with Crippen LogP contribution in [-0.2, 0) is 30.6 Å². The van der Waals surface area contributed by atoms with Gasteiger partial charge in [-0.25, -0.2) is 24.4 Å². The Labute approximate surface area is 229 Å². The van der Waals surface area contributed by atoms with Crippen molar-refractivity contribution in [2.24, 2.45) is 0 Å². The standard InChI is InChI=1S/C24H28FN6O6PS/c1-6-24(25)19(32)17(36-23(24)31-13-27-18-20(26-4)28-15(3)29-21(18)31)12-35-38(39,30-14(2)22(33)34-5)37-16-10-8-7-9-11-16/h1,7-11,13-14,17,19,23,32H,12H2,2-5H3,(H,30,39)(H,26,28,29)/t14-,17+,19+,23+,24+,38+/m0/s1. The van der Waals surface area contributed by atoms with Crippen molar-refractivity contribution >= 4 is 41.4 Å². The van der Waals surface area contributed by atoms with Gasteiger partial charge in [0.05, 0.1) is 20.0 Å². The number of ether oxygens (including phenoxy) is 2. The minimum absolute atomic E-state index is 0.258. The van der Waals surface area contributed by atoms with E-state index < -0.39 is 49.4 Å². The Morgan fingerprint density at radius 2 is 2.13 bits per heavy atom. The number of hydrogen-bond acceptors (Lipinski definition) is 11. The van der Waals surface area contributed by atoms with E-state index >= 15 is 4.39 Å². The number of aliphatic hydroxyl groups is 1. The average Bonchev–Trinajstić information content (AvgIpc) is 3.45. The molecule has 1 aliphatic rings. The van der Waals surface area contributed by atoms with E-state index in [1.54, 1.807) is 44.3 Å². The number of aromatic nitrogens is 4. The van der Waals surface area contributed by atoms with Crippen LogP contribution in [0.4, 0.5) is 10.2 Å². The molecule has 0 unspecified atom stereocenters. The molecule has 0 radical (unpaired) electrons. The molecule has 0 bridgehead atoms. The number of halogens is 1. The third kappa shape index (κ3) is 5.74. The Hall–Kier alpha value is -3.18. The molecular formula is C24H28FN6O6PS. The summed E-state index contributed by atoms with van der Waals surface area (Å²) in [6.45, 7) is -0.680. The van der Waals surface area contributed by atoms with Crippen molar-refractivity contribution in [3.8, 4) is 18.1 Å². The summed E-state index contributed by atoms with van der Waals surface area (Å²) in [7, 11) is 2.90. The fourth-order valence-electron chi connectivity index (χ4n) is 4.03. The Bertz CT molecular complexity index is 1440. The van der Waals surface area contributed by atoms with Crippen LogP contribution in [0.3, 0.4) is 0 Å². The molecular weight excluding hydrogens is 550 g/mol. The second-order valence-corrected chi connectivity index (χ2v) is 11.8. The number of aliphatic hydroxyl groups excluding tert-OH is 1. The number of anilines is 1. The quantitative estimate of drug-likeness (QED) is 0.185. The van der Waals surface area contributed by atoms with Crippen molar-refractivity contribution in [2.75, 3.05) is 26.1 Å². The molecule has 1 aliphatic heterocycles. The number of nitrogens with zero attached hydrogens (tertiary/aromatic N) is 4. The maximum atomic E-state index is 16.2. The van der Waals surface area contributed by atoms with E-state index in [9.17, 15) is 9.90 Å². The SMILES string of the molecule is C#C[C@@]1(F)[C@H](O)[C@@H](CO[P@](=S)(N[C@@H](C)C(=O)OC)Oc2ccccc2)O[C@H]1n1cnc2c(NC)nc(C)nc21. The largest absolute Gasteiger partial charge is 0.468 e. The fraction of sp³-hybridized carbons (Fsp3) is 0.417. The molecule has 1 aromatic carbocycles. The van der Waals surface area contributed by atoms with Crippen molar-refractivity contribution in [1.29, 1.82) is 0 Å². The topological polar surface area (TPSA) is 142 Å². The summed E-state index contributed by atoms with van der Waals surface area (Å²) in [4.78, 5) is 25.0. The number of alkyl halides is 1. The Morgan fingerprint density at radius 3 is 2.77 bits per heavy atom. The summed E-state index contributed by atoms with van der Waals surface area (Å²) in [5, 5.41) is 16.7. The molecule has 4 rings (SSSR count). The van der Waals surface area contributed by atoms with Crippen LogP contribution >= 0.6 is 6.64 Å². The summed E-state index contributed by atoms with van der Waals surface area (Å²) >= 11 is 5.64. The number of esters is 1. The van der Waals surface area contributed by atoms with E-state index in [1.165, 1.54) is 24.9 Å². The second-order valence-electron chi connectivity index (χ2n) is 8.65. The highest BCUT2D eigenvalue weighted by molar-refractivity contribution is 8.09. The molecule has 3 N–H and O–H groups in total. The smallest absolute Gasteiger partial charge is 0.323 e. The molecule has 0 aliphatic carbocycles. The number of imidazole rings is 1. The highest BCUT2D eigenvalue weighted by atomic mass is 32.5. The van der Waals surface area contributed by atoms with Crippen molar-refractivity contribution < 1.29 is 32.8 Å². The molecule has 208 valence electrons. The predicted molar refractivity (Wildman–Crippen MR) is 144 cm³/mol. The van der Waals surface area contributed by atoms with Crippen molar-refractivity contribution in [3.63, 3.8) is 0 Å². The lowest BCUT2D eigenvalue weighted by Gasteiger charge is -2.27. The summed E-state index contributed by atoms with van der Waals surface area (Å²) < 4.78 is 39.9. The van der Waals surface area contributed by atoms with E-state index in [0.29, 0.717) is 22.9 Å². The zero-order valence-corrected chi connectivity index (χ0v) is 23.3. The van der Waals surface area contributed by atoms with Crippen molar-refractivity contribution in [1.82, 2.24) is 24.6 Å². The zero-order valence-electron chi connectivity index (χ0n) is 21.6. The highest BCUT2D eigenvalue weighted by Crippen LogP contribution is 2.48. The minimum atomic E-state index is -3.46. The van der Waals surface area contributed by atoms with Gasteiger partial charge in [-0.05, 0) is 37.8 Å². The number of fused-ring (bicyclic) bond motifs is 1. The van der Waals surface area contributed by atoms with Crippen LogP contribution in [0.15, 0.2) is 36.7 Å². The highest BCUT2D eigenvalue weighted by Gasteiger charge is 2.58. The van der Waals surface area contributed by atoms with Gasteiger partial charge in [-0.1, -0.05) is 24.1 Å². The lowest BCUT2D eigenvalue weighted by molar-refractivity contribution is -0.142. The molecule has 6 atom stereocenters. The predicted octanol–water partition coefficient (Wildman–Crippen LogP) is 2.25. The van der Waals surface area contributed by atoms with Gasteiger partial charge in [-0.2, -0.15) is 0 Å². The van der Waals surface area contributed by atoms with Crippen LogP contribution in [0.25, 0.3) is 11.2 Å². The summed E-state index contributed by atoms with van der Waals surface area (Å²) in [5.41, 5.74) is -2.04. The van der Waals surface area contributed by atoms with E-state index in [1.807, 2.05) is 5.92 Å². The molecule has 1 fully saturated rings. The first-order valence-corrected chi connectivity index (χ1v) is 14.4. The Kier molecular flexibility index (Phi) is 8.51. The summed E-state index contributed by atoms with van der Waals surface area (Å²) in [6.07, 6.45) is 2.30. The molecule has 3 aromatic rings. The number of aryl methyl sites for hydroxylation is 1. The number of nitrogens with one attached hydrogen (secondary N) is 2. The first kappa shape index (κ1) is 28.8. The van der Waals surface area contributed by atoms with E-state index in [-0.39, 0.29) is 5.65 Å². The van der Waals surface area contributed by atoms with E-state index in [0.717, 1.165) is 0 Å². The number of carbonyl (C=O) groups is 1. The molecule has 2 aromatic heterocycles. The van der Waals surface area contributed by atoms with Crippen LogP contribution in [-0.4, -0.2) is 75.3 Å². The second kappa shape index (κ2) is 11.5. The van der Waals surface area contributed by atoms with Crippen LogP contribution in [0, 0.1) is 19.3 Å². The van der Waals surface area contributed by atoms with Crippen LogP contribution in [0.2, 0.25) is 0 Å². The minimum Gasteiger partial charge on any atom is -0.468 e. The molecule has 0 saturated carbocycles. The van der Waals surface area contributed by atoms with Crippen molar-refractivity contribution in [2.45, 2.75) is 44.0 Å². The zero-order chi connectivity index (χ0) is 28.4. The third-order valence-electron chi connectivity index (χ3n) is 5.97. The number of methoxy groups -OCH3 is 1. The maximum Gasteiger partial charge on any atom is 0.323 e. The third-order valence-corrected chi connectivity index (χ3v) is 8.47. The first-order chi connectivity index (χ1) is 18.5. The summed E-state index contributed by atoms with van der Waals surface area (Å²) in [5.74, 6) is 2.65. The molecule has 0 spiro atoms. The number of rotatable bonds is 10. The lowest BCUT2D eigenvalue weighted by Crippen LogP contribution is -2.42. The lowest BCUT2D eigenvalue weighted by atomic mass is 9.97. The van der Waals surface area contributed by atoms with Gasteiger partial charge < -0.3 is 28.9 Å². The van der Waals surface area contributed by atoms with Gasteiger partial charge in [-0.3, -0.25) is 9.36 Å². The number of carbonyl (C=O) groups excluding carboxylic acids is 1. The first-order valence-electron chi connectivity index (χ1n) is 11.8. The van der Waals surface area contributed by atoms with Gasteiger partial charge in [0.1, 0.15) is 29.8 Å². The van der Waals surface area contributed by atoms with Crippen LogP contribution < -0.4 is 14.9 Å². The molecule has 15 heteroatoms. The molecule has 12 nitrogen and oxygen atoms in total. The molecule has 1 saturated heterocycles. The van der Waals surface area contributed by atoms with E-state index in [2.05, 4.69) is 25.4 Å². The number of terminal acetylenes is 1. The van der Waals surface area contributed by atoms with Crippen LogP contribution in [0.5, 0.6) is 5.75 Å². The molecule has 39 heavy (non-hydrogen) atoms. The van der Waals surface area contributed by atoms with Gasteiger partial charge in [0.15, 0.2) is 23.2 Å². The number of para-hydroxylation sites is 1. The number of benzene rings is 1. The van der Waals surface area contributed by atoms with Gasteiger partial charge in [0, 0.05) is 7.05 Å². The van der Waals surface area contributed by atoms with Gasteiger partial charge in [0.2, 0.25) is 5.67 Å². The van der Waals surface area contributed by atoms with Gasteiger partial charge in [0.25, 0.3) is 0 Å². The normalized spacial score (nSPS) is 25.0. The van der Waals surface area contributed by atoms with Crippen molar-refractivity contribution in [3.05, 3.63) is 42.5 Å². The summed E-state index contributed by atoms with van der Waals surface area (Å²) in [6, 6.07) is 7.68. The average molecular weight is 579 g/mol. The fourth-order valence-corrected chi connectivity index (χ4v) is 6.45. The Morgan fingerprint density at radius 1 is 1.41 bits per heavy atom. The van der Waals surface area contributed by atoms with Gasteiger partial charge in [-0.15, -0.1) is 6.42 Å². The van der Waals surface area contributed by atoms with E-state index in [4.69, 9.17) is 36.8 Å². The monoisotopic (exact) mass is 578 g/mol. The molecule has 0 amide bonds.